The van der Waals surface area contributed by atoms with Crippen LogP contribution in [0.5, 0.6) is 0 Å². The minimum absolute atomic E-state index is 0.0544. The van der Waals surface area contributed by atoms with Crippen molar-refractivity contribution in [1.29, 1.82) is 0 Å². The molecular formula is C13H19N3O. The lowest BCUT2D eigenvalue weighted by Crippen LogP contribution is -2.42. The summed E-state index contributed by atoms with van der Waals surface area (Å²) in [5.41, 5.74) is 8.78. The topological polar surface area (TPSA) is 58.4 Å². The van der Waals surface area contributed by atoms with Crippen LogP contribution in [0.1, 0.15) is 18.4 Å². The highest BCUT2D eigenvalue weighted by atomic mass is 16.2. The third-order valence-corrected chi connectivity index (χ3v) is 3.22. The van der Waals surface area contributed by atoms with E-state index in [0.717, 1.165) is 36.3 Å². The first-order chi connectivity index (χ1) is 8.11. The average molecular weight is 233 g/mol. The standard InChI is InChI=1S/C13H19N3O/c1-9-6-10(14)8-11(7-9)16-5-3-4-12(16)13(17)15-2/h6-8,12H,3-5,14H2,1-2H3,(H,15,17). The molecule has 4 heteroatoms. The molecule has 17 heavy (non-hydrogen) atoms. The zero-order chi connectivity index (χ0) is 12.4. The van der Waals surface area contributed by atoms with E-state index in [4.69, 9.17) is 5.73 Å². The number of carbonyl (C=O) groups excluding carboxylic acids is 1. The van der Waals surface area contributed by atoms with E-state index >= 15 is 0 Å². The minimum atomic E-state index is -0.0544. The van der Waals surface area contributed by atoms with Crippen LogP contribution in [0.2, 0.25) is 0 Å². The predicted octanol–water partition coefficient (Wildman–Crippen LogP) is 1.29. The quantitative estimate of drug-likeness (QED) is 0.757. The number of carbonyl (C=O) groups is 1. The van der Waals surface area contributed by atoms with Gasteiger partial charge in [0.1, 0.15) is 6.04 Å². The lowest BCUT2D eigenvalue weighted by molar-refractivity contribution is -0.121. The van der Waals surface area contributed by atoms with Crippen LogP contribution in [-0.2, 0) is 4.79 Å². The van der Waals surface area contributed by atoms with Crippen molar-refractivity contribution < 1.29 is 4.79 Å². The predicted molar refractivity (Wildman–Crippen MR) is 70.0 cm³/mol. The second kappa shape index (κ2) is 4.65. The molecule has 1 aromatic rings. The zero-order valence-electron chi connectivity index (χ0n) is 10.4. The number of rotatable bonds is 2. The molecule has 1 aromatic carbocycles. The Morgan fingerprint density at radius 3 is 2.88 bits per heavy atom. The first-order valence-corrected chi connectivity index (χ1v) is 5.97. The number of nitrogens with two attached hydrogens (primary N) is 1. The van der Waals surface area contributed by atoms with Gasteiger partial charge in [-0.15, -0.1) is 0 Å². The number of nitrogens with one attached hydrogen (secondary N) is 1. The molecule has 0 saturated carbocycles. The Morgan fingerprint density at radius 2 is 2.24 bits per heavy atom. The smallest absolute Gasteiger partial charge is 0.242 e. The molecule has 0 aromatic heterocycles. The minimum Gasteiger partial charge on any atom is -0.399 e. The van der Waals surface area contributed by atoms with Crippen molar-refractivity contribution in [1.82, 2.24) is 5.32 Å². The second-order valence-electron chi connectivity index (χ2n) is 4.57. The number of aryl methyl sites for hydroxylation is 1. The van der Waals surface area contributed by atoms with Gasteiger partial charge in [-0.1, -0.05) is 0 Å². The van der Waals surface area contributed by atoms with Crippen molar-refractivity contribution in [2.24, 2.45) is 0 Å². The molecule has 4 nitrogen and oxygen atoms in total. The maximum Gasteiger partial charge on any atom is 0.242 e. The van der Waals surface area contributed by atoms with E-state index in [1.165, 1.54) is 0 Å². The summed E-state index contributed by atoms with van der Waals surface area (Å²) in [5, 5.41) is 2.72. The average Bonchev–Trinajstić information content (AvgIpc) is 2.75. The molecule has 1 aliphatic heterocycles. The number of benzene rings is 1. The van der Waals surface area contributed by atoms with Gasteiger partial charge in [0.2, 0.25) is 5.91 Å². The highest BCUT2D eigenvalue weighted by Crippen LogP contribution is 2.28. The van der Waals surface area contributed by atoms with Crippen LogP contribution in [0.3, 0.4) is 0 Å². The molecule has 0 spiro atoms. The molecule has 92 valence electrons. The molecule has 1 aliphatic rings. The molecule has 0 bridgehead atoms. The van der Waals surface area contributed by atoms with Crippen molar-refractivity contribution in [3.8, 4) is 0 Å². The molecule has 1 saturated heterocycles. The number of likely N-dealkylation sites (N-methyl/N-ethyl adjacent to an activating group) is 1. The highest BCUT2D eigenvalue weighted by Gasteiger charge is 2.30. The van der Waals surface area contributed by atoms with Gasteiger partial charge in [-0.05, 0) is 43.5 Å². The molecule has 1 fully saturated rings. The fourth-order valence-corrected chi connectivity index (χ4v) is 2.47. The molecule has 0 aliphatic carbocycles. The SMILES string of the molecule is CNC(=O)C1CCCN1c1cc(C)cc(N)c1. The number of hydrogen-bond acceptors (Lipinski definition) is 3. The molecular weight excluding hydrogens is 214 g/mol. The van der Waals surface area contributed by atoms with Gasteiger partial charge in [0.25, 0.3) is 0 Å². The maximum atomic E-state index is 11.8. The van der Waals surface area contributed by atoms with Crippen LogP contribution in [0.25, 0.3) is 0 Å². The lowest BCUT2D eigenvalue weighted by atomic mass is 10.1. The molecule has 1 amide bonds. The van der Waals surface area contributed by atoms with Crippen LogP contribution in [0.4, 0.5) is 11.4 Å². The molecule has 3 N–H and O–H groups in total. The van der Waals surface area contributed by atoms with Crippen LogP contribution < -0.4 is 16.0 Å². The van der Waals surface area contributed by atoms with Gasteiger partial charge in [0.15, 0.2) is 0 Å². The summed E-state index contributed by atoms with van der Waals surface area (Å²) >= 11 is 0. The molecule has 2 rings (SSSR count). The van der Waals surface area contributed by atoms with Crippen molar-refractivity contribution in [2.45, 2.75) is 25.8 Å². The number of nitrogen functional groups attached to an aromatic ring is 1. The van der Waals surface area contributed by atoms with Crippen molar-refractivity contribution in [2.75, 3.05) is 24.2 Å². The molecule has 1 heterocycles. The Kier molecular flexibility index (Phi) is 3.22. The summed E-state index contributed by atoms with van der Waals surface area (Å²) in [6.45, 7) is 2.94. The molecule has 1 atom stereocenters. The fraction of sp³-hybridized carbons (Fsp3) is 0.462. The molecule has 1 unspecified atom stereocenters. The van der Waals surface area contributed by atoms with Crippen molar-refractivity contribution in [3.05, 3.63) is 23.8 Å². The van der Waals surface area contributed by atoms with E-state index in [9.17, 15) is 4.79 Å². The van der Waals surface area contributed by atoms with Gasteiger partial charge in [-0.3, -0.25) is 4.79 Å². The van der Waals surface area contributed by atoms with Gasteiger partial charge in [-0.25, -0.2) is 0 Å². The Balaban J connectivity index is 2.28. The molecule has 0 radical (unpaired) electrons. The first kappa shape index (κ1) is 11.8. The second-order valence-corrected chi connectivity index (χ2v) is 4.57. The van der Waals surface area contributed by atoms with Crippen LogP contribution in [0, 0.1) is 6.92 Å². The zero-order valence-corrected chi connectivity index (χ0v) is 10.4. The van der Waals surface area contributed by atoms with Gasteiger partial charge in [-0.2, -0.15) is 0 Å². The Labute approximate surface area is 102 Å². The number of nitrogens with zero attached hydrogens (tertiary/aromatic N) is 1. The normalized spacial score (nSPS) is 19.4. The summed E-state index contributed by atoms with van der Waals surface area (Å²) in [7, 11) is 1.68. The fourth-order valence-electron chi connectivity index (χ4n) is 2.47. The van der Waals surface area contributed by atoms with Gasteiger partial charge in [0, 0.05) is 25.0 Å². The largest absolute Gasteiger partial charge is 0.399 e. The Morgan fingerprint density at radius 1 is 1.47 bits per heavy atom. The summed E-state index contributed by atoms with van der Waals surface area (Å²) in [4.78, 5) is 13.9. The van der Waals surface area contributed by atoms with E-state index in [-0.39, 0.29) is 11.9 Å². The lowest BCUT2D eigenvalue weighted by Gasteiger charge is -2.26. The summed E-state index contributed by atoms with van der Waals surface area (Å²) in [6.07, 6.45) is 1.96. The van der Waals surface area contributed by atoms with Crippen molar-refractivity contribution >= 4 is 17.3 Å². The maximum absolute atomic E-state index is 11.8. The van der Waals surface area contributed by atoms with E-state index in [0.29, 0.717) is 0 Å². The third kappa shape index (κ3) is 2.35. The van der Waals surface area contributed by atoms with E-state index in [1.54, 1.807) is 7.05 Å². The van der Waals surface area contributed by atoms with Crippen LogP contribution >= 0.6 is 0 Å². The number of amides is 1. The Bertz CT molecular complexity index is 410. The number of hydrogen-bond donors (Lipinski definition) is 2. The van der Waals surface area contributed by atoms with Gasteiger partial charge in [0.05, 0.1) is 0 Å². The third-order valence-electron chi connectivity index (χ3n) is 3.22. The van der Waals surface area contributed by atoms with Crippen LogP contribution in [0.15, 0.2) is 18.2 Å². The van der Waals surface area contributed by atoms with Crippen molar-refractivity contribution in [3.63, 3.8) is 0 Å². The van der Waals surface area contributed by atoms with E-state index < -0.39 is 0 Å². The number of anilines is 2. The van der Waals surface area contributed by atoms with Gasteiger partial charge >= 0.3 is 0 Å². The highest BCUT2D eigenvalue weighted by molar-refractivity contribution is 5.85. The van der Waals surface area contributed by atoms with E-state index in [2.05, 4.69) is 16.3 Å². The van der Waals surface area contributed by atoms with Gasteiger partial charge < -0.3 is 16.0 Å². The monoisotopic (exact) mass is 233 g/mol. The first-order valence-electron chi connectivity index (χ1n) is 5.97. The van der Waals surface area contributed by atoms with Crippen LogP contribution in [-0.4, -0.2) is 25.5 Å². The van der Waals surface area contributed by atoms with E-state index in [1.807, 2.05) is 19.1 Å². The summed E-state index contributed by atoms with van der Waals surface area (Å²) in [6, 6.07) is 5.90. The summed E-state index contributed by atoms with van der Waals surface area (Å²) in [5.74, 6) is 0.0857. The Hall–Kier alpha value is -1.71. The summed E-state index contributed by atoms with van der Waals surface area (Å²) < 4.78 is 0.